The number of aromatic nitrogens is 1. The van der Waals surface area contributed by atoms with E-state index in [4.69, 9.17) is 4.43 Å². The Bertz CT molecular complexity index is 522. The molecule has 1 aliphatic heterocycles. The minimum absolute atomic E-state index is 0.248. The molecule has 0 aromatic carbocycles. The molecule has 2 N–H and O–H groups in total. The highest BCUT2D eigenvalue weighted by atomic mass is 28.4. The lowest BCUT2D eigenvalue weighted by Gasteiger charge is -2.46. The van der Waals surface area contributed by atoms with E-state index in [1.54, 1.807) is 0 Å². The number of rotatable bonds is 7. The number of likely N-dealkylation sites (tertiary alicyclic amines) is 1. The first-order chi connectivity index (χ1) is 11.1. The summed E-state index contributed by atoms with van der Waals surface area (Å²) in [5, 5.41) is 13.6. The molecule has 0 spiro atoms. The molecular formula is C18H33N3O2Si. The lowest BCUT2D eigenvalue weighted by atomic mass is 10.1. The molecule has 1 aromatic heterocycles. The van der Waals surface area contributed by atoms with Gasteiger partial charge < -0.3 is 14.8 Å². The Labute approximate surface area is 147 Å². The number of aliphatic hydroxyl groups excluding tert-OH is 1. The zero-order valence-corrected chi connectivity index (χ0v) is 17.0. The molecule has 1 aliphatic rings. The van der Waals surface area contributed by atoms with Gasteiger partial charge in [-0.05, 0) is 36.7 Å². The van der Waals surface area contributed by atoms with E-state index in [2.05, 4.69) is 49.1 Å². The van der Waals surface area contributed by atoms with Crippen molar-refractivity contribution < 1.29 is 9.53 Å². The Morgan fingerprint density at radius 3 is 2.58 bits per heavy atom. The predicted octanol–water partition coefficient (Wildman–Crippen LogP) is 2.87. The van der Waals surface area contributed by atoms with Crippen molar-refractivity contribution in [2.75, 3.05) is 31.5 Å². The fourth-order valence-electron chi connectivity index (χ4n) is 2.50. The van der Waals surface area contributed by atoms with Gasteiger partial charge in [0.25, 0.3) is 0 Å². The molecule has 0 aliphatic carbocycles. The highest BCUT2D eigenvalue weighted by Crippen LogP contribution is 2.38. The smallest absolute Gasteiger partial charge is 0.192 e. The third kappa shape index (κ3) is 5.27. The van der Waals surface area contributed by atoms with Crippen LogP contribution in [0.4, 0.5) is 5.82 Å². The Balaban J connectivity index is 1.66. The molecule has 0 bridgehead atoms. The topological polar surface area (TPSA) is 57.6 Å². The fraction of sp³-hybridized carbons (Fsp3) is 0.722. The monoisotopic (exact) mass is 351 g/mol. The largest absolute Gasteiger partial charge is 0.411 e. The van der Waals surface area contributed by atoms with Gasteiger partial charge in [0, 0.05) is 32.4 Å². The SMILES string of the molecule is Cc1ccc(NCC(O)CN2CC(O[Si](C)(C)C(C)(C)C)C2)nc1. The van der Waals surface area contributed by atoms with Crippen molar-refractivity contribution in [1.29, 1.82) is 0 Å². The van der Waals surface area contributed by atoms with Crippen molar-refractivity contribution in [3.8, 4) is 0 Å². The first-order valence-corrected chi connectivity index (χ1v) is 11.7. The van der Waals surface area contributed by atoms with Crippen LogP contribution in [0.15, 0.2) is 18.3 Å². The molecule has 2 heterocycles. The average Bonchev–Trinajstić information content (AvgIpc) is 2.43. The van der Waals surface area contributed by atoms with E-state index in [1.165, 1.54) is 0 Å². The van der Waals surface area contributed by atoms with E-state index in [9.17, 15) is 5.11 Å². The second-order valence-corrected chi connectivity index (χ2v) is 13.2. The summed E-state index contributed by atoms with van der Waals surface area (Å²) in [6.07, 6.45) is 1.75. The minimum atomic E-state index is -1.68. The molecule has 1 unspecified atom stereocenters. The number of nitrogens with zero attached hydrogens (tertiary/aromatic N) is 2. The van der Waals surface area contributed by atoms with Crippen LogP contribution in [0.1, 0.15) is 26.3 Å². The number of pyridine rings is 1. The van der Waals surface area contributed by atoms with Gasteiger partial charge in [0.1, 0.15) is 5.82 Å². The summed E-state index contributed by atoms with van der Waals surface area (Å²) < 4.78 is 6.38. The second kappa shape index (κ2) is 7.52. The maximum Gasteiger partial charge on any atom is 0.192 e. The Hall–Kier alpha value is -0.953. The van der Waals surface area contributed by atoms with Crippen LogP contribution in [0.2, 0.25) is 18.1 Å². The van der Waals surface area contributed by atoms with E-state index in [0.717, 1.165) is 24.5 Å². The maximum absolute atomic E-state index is 10.2. The van der Waals surface area contributed by atoms with Crippen LogP contribution in [0.5, 0.6) is 0 Å². The highest BCUT2D eigenvalue weighted by molar-refractivity contribution is 6.74. The van der Waals surface area contributed by atoms with Crippen LogP contribution in [0.25, 0.3) is 0 Å². The van der Waals surface area contributed by atoms with Gasteiger partial charge in [0.05, 0.1) is 12.2 Å². The van der Waals surface area contributed by atoms with Crippen LogP contribution in [0.3, 0.4) is 0 Å². The second-order valence-electron chi connectivity index (χ2n) is 8.47. The highest BCUT2D eigenvalue weighted by Gasteiger charge is 2.42. The number of β-amino-alcohol motifs (C(OH)–C–C–N with tert-alkyl or cyclic N) is 1. The third-order valence-corrected chi connectivity index (χ3v) is 9.63. The number of aryl methyl sites for hydroxylation is 1. The quantitative estimate of drug-likeness (QED) is 0.740. The third-order valence-electron chi connectivity index (χ3n) is 5.09. The van der Waals surface area contributed by atoms with Crippen LogP contribution in [-0.4, -0.2) is 61.7 Å². The van der Waals surface area contributed by atoms with Crippen LogP contribution < -0.4 is 5.32 Å². The molecule has 24 heavy (non-hydrogen) atoms. The van der Waals surface area contributed by atoms with E-state index in [-0.39, 0.29) is 5.04 Å². The van der Waals surface area contributed by atoms with Gasteiger partial charge in [-0.15, -0.1) is 0 Å². The van der Waals surface area contributed by atoms with Gasteiger partial charge in [-0.25, -0.2) is 4.98 Å². The first-order valence-electron chi connectivity index (χ1n) is 8.81. The summed E-state index contributed by atoms with van der Waals surface area (Å²) >= 11 is 0. The lowest BCUT2D eigenvalue weighted by Crippen LogP contribution is -2.59. The standard InChI is InChI=1S/C18H33N3O2Si/c1-14-7-8-17(19-9-14)20-10-15(22)11-21-12-16(13-21)23-24(5,6)18(2,3)4/h7-9,15-16,22H,10-13H2,1-6H3,(H,19,20). The van der Waals surface area contributed by atoms with Crippen molar-refractivity contribution in [2.45, 2.75) is 58.0 Å². The van der Waals surface area contributed by atoms with E-state index in [1.807, 2.05) is 25.3 Å². The average molecular weight is 352 g/mol. The molecule has 0 saturated carbocycles. The molecule has 2 rings (SSSR count). The van der Waals surface area contributed by atoms with Gasteiger partial charge in [-0.2, -0.15) is 0 Å². The normalized spacial score (nSPS) is 18.3. The zero-order chi connectivity index (χ0) is 18.0. The Morgan fingerprint density at radius 2 is 2.04 bits per heavy atom. The van der Waals surface area contributed by atoms with E-state index >= 15 is 0 Å². The molecule has 0 radical (unpaired) electrons. The molecule has 5 nitrogen and oxygen atoms in total. The number of nitrogens with one attached hydrogen (secondary N) is 1. The van der Waals surface area contributed by atoms with Crippen molar-refractivity contribution >= 4 is 14.1 Å². The summed E-state index contributed by atoms with van der Waals surface area (Å²) in [6.45, 7) is 16.4. The van der Waals surface area contributed by atoms with Crippen LogP contribution >= 0.6 is 0 Å². The van der Waals surface area contributed by atoms with Crippen molar-refractivity contribution in [2.24, 2.45) is 0 Å². The molecule has 1 aromatic rings. The Kier molecular flexibility index (Phi) is 6.07. The van der Waals surface area contributed by atoms with Gasteiger partial charge in [-0.1, -0.05) is 26.8 Å². The Morgan fingerprint density at radius 1 is 1.38 bits per heavy atom. The number of anilines is 1. The summed E-state index contributed by atoms with van der Waals surface area (Å²) in [5.74, 6) is 0.808. The molecule has 1 atom stereocenters. The van der Waals surface area contributed by atoms with Gasteiger partial charge >= 0.3 is 0 Å². The minimum Gasteiger partial charge on any atom is -0.411 e. The summed E-state index contributed by atoms with van der Waals surface area (Å²) in [5.41, 5.74) is 1.13. The molecule has 1 saturated heterocycles. The zero-order valence-electron chi connectivity index (χ0n) is 16.0. The summed E-state index contributed by atoms with van der Waals surface area (Å²) in [7, 11) is -1.68. The molecule has 136 valence electrons. The number of hydrogen-bond donors (Lipinski definition) is 2. The fourth-order valence-corrected chi connectivity index (χ4v) is 3.83. The predicted molar refractivity (Wildman–Crippen MR) is 102 cm³/mol. The molecule has 1 fully saturated rings. The summed E-state index contributed by atoms with van der Waals surface area (Å²) in [6, 6.07) is 3.95. The van der Waals surface area contributed by atoms with Crippen LogP contribution in [-0.2, 0) is 4.43 Å². The molecule has 6 heteroatoms. The van der Waals surface area contributed by atoms with Crippen LogP contribution in [0, 0.1) is 6.92 Å². The van der Waals surface area contributed by atoms with Gasteiger partial charge in [0.2, 0.25) is 0 Å². The number of aliphatic hydroxyl groups is 1. The molecular weight excluding hydrogens is 318 g/mol. The van der Waals surface area contributed by atoms with Gasteiger partial charge in [-0.3, -0.25) is 4.90 Å². The van der Waals surface area contributed by atoms with E-state index < -0.39 is 14.4 Å². The lowest BCUT2D eigenvalue weighted by molar-refractivity contribution is -0.0123. The van der Waals surface area contributed by atoms with Crippen molar-refractivity contribution in [3.05, 3.63) is 23.9 Å². The summed E-state index contributed by atoms with van der Waals surface area (Å²) in [4.78, 5) is 6.54. The first kappa shape index (κ1) is 19.4. The number of hydrogen-bond acceptors (Lipinski definition) is 5. The van der Waals surface area contributed by atoms with Gasteiger partial charge in [0.15, 0.2) is 8.32 Å². The molecule has 0 amide bonds. The van der Waals surface area contributed by atoms with E-state index in [0.29, 0.717) is 19.2 Å². The van der Waals surface area contributed by atoms with Crippen molar-refractivity contribution in [3.63, 3.8) is 0 Å². The maximum atomic E-state index is 10.2. The van der Waals surface area contributed by atoms with Crippen molar-refractivity contribution in [1.82, 2.24) is 9.88 Å².